The molecule has 0 saturated heterocycles. The van der Waals surface area contributed by atoms with Crippen molar-refractivity contribution in [2.24, 2.45) is 0 Å². The zero-order chi connectivity index (χ0) is 19.0. The van der Waals surface area contributed by atoms with Gasteiger partial charge in [-0.3, -0.25) is 9.78 Å². The summed E-state index contributed by atoms with van der Waals surface area (Å²) in [6.45, 7) is 1.47. The molecule has 0 saturated carbocycles. The second-order valence-corrected chi connectivity index (χ2v) is 6.21. The number of benzene rings is 2. The second kappa shape index (κ2) is 6.57. The molecule has 3 aromatic rings. The van der Waals surface area contributed by atoms with Crippen molar-refractivity contribution in [3.63, 3.8) is 0 Å². The SMILES string of the molecule is CC(Oc1ccc(C=C2C(=O)Nc3ccccc32)c2cccnc12)C(=O)O. The smallest absolute Gasteiger partial charge is 0.344 e. The van der Waals surface area contributed by atoms with Crippen molar-refractivity contribution in [3.8, 4) is 5.75 Å². The van der Waals surface area contributed by atoms with Crippen molar-refractivity contribution in [3.05, 3.63) is 65.9 Å². The number of pyridine rings is 1. The standard InChI is InChI=1S/C21H16N2O4/c1-12(21(25)26)27-18-9-8-13(14-6-4-10-22-19(14)18)11-16-15-5-2-3-7-17(15)23-20(16)24/h2-12H,1H3,(H,23,24)(H,25,26). The molecule has 0 aliphatic carbocycles. The average Bonchev–Trinajstić information content (AvgIpc) is 2.99. The Morgan fingerprint density at radius 3 is 2.81 bits per heavy atom. The molecule has 2 heterocycles. The number of nitrogens with zero attached hydrogens (tertiary/aromatic N) is 1. The fourth-order valence-electron chi connectivity index (χ4n) is 3.07. The van der Waals surface area contributed by atoms with Crippen LogP contribution in [0.3, 0.4) is 0 Å². The normalized spacial score (nSPS) is 15.4. The molecule has 6 nitrogen and oxygen atoms in total. The van der Waals surface area contributed by atoms with Gasteiger partial charge in [-0.05, 0) is 36.8 Å². The number of carboxylic acid groups (broad SMARTS) is 1. The highest BCUT2D eigenvalue weighted by Crippen LogP contribution is 2.35. The minimum Gasteiger partial charge on any atom is -0.479 e. The largest absolute Gasteiger partial charge is 0.479 e. The third-order valence-electron chi connectivity index (χ3n) is 4.43. The predicted octanol–water partition coefficient (Wildman–Crippen LogP) is 3.58. The molecule has 1 aliphatic heterocycles. The number of para-hydroxylation sites is 1. The lowest BCUT2D eigenvalue weighted by atomic mass is 10.0. The van der Waals surface area contributed by atoms with Crippen LogP contribution >= 0.6 is 0 Å². The maximum Gasteiger partial charge on any atom is 0.344 e. The number of fused-ring (bicyclic) bond motifs is 2. The molecule has 0 fully saturated rings. The monoisotopic (exact) mass is 360 g/mol. The number of aromatic nitrogens is 1. The summed E-state index contributed by atoms with van der Waals surface area (Å²) in [6.07, 6.45) is 2.44. The molecular weight excluding hydrogens is 344 g/mol. The van der Waals surface area contributed by atoms with Crippen molar-refractivity contribution in [2.45, 2.75) is 13.0 Å². The Labute approximate surface area is 155 Å². The molecule has 1 unspecified atom stereocenters. The molecule has 6 heteroatoms. The third-order valence-corrected chi connectivity index (χ3v) is 4.43. The molecule has 0 radical (unpaired) electrons. The Balaban J connectivity index is 1.83. The maximum atomic E-state index is 12.4. The summed E-state index contributed by atoms with van der Waals surface area (Å²) in [4.78, 5) is 27.8. The van der Waals surface area contributed by atoms with E-state index in [1.807, 2.05) is 36.4 Å². The van der Waals surface area contributed by atoms with E-state index in [2.05, 4.69) is 10.3 Å². The Morgan fingerprint density at radius 1 is 1.19 bits per heavy atom. The van der Waals surface area contributed by atoms with Crippen LogP contribution in [0.4, 0.5) is 5.69 Å². The molecule has 134 valence electrons. The van der Waals surface area contributed by atoms with E-state index < -0.39 is 12.1 Å². The second-order valence-electron chi connectivity index (χ2n) is 6.21. The molecule has 4 rings (SSSR count). The number of rotatable bonds is 4. The molecular formula is C21H16N2O4. The van der Waals surface area contributed by atoms with Crippen LogP contribution in [0.25, 0.3) is 22.6 Å². The van der Waals surface area contributed by atoms with Gasteiger partial charge >= 0.3 is 5.97 Å². The van der Waals surface area contributed by atoms with Crippen molar-refractivity contribution in [2.75, 3.05) is 5.32 Å². The van der Waals surface area contributed by atoms with Crippen LogP contribution in [0.5, 0.6) is 5.75 Å². The molecule has 0 bridgehead atoms. The summed E-state index contributed by atoms with van der Waals surface area (Å²) in [5.74, 6) is -0.823. The zero-order valence-corrected chi connectivity index (χ0v) is 14.5. The first-order valence-electron chi connectivity index (χ1n) is 8.44. The number of nitrogens with one attached hydrogen (secondary N) is 1. The first-order valence-corrected chi connectivity index (χ1v) is 8.44. The van der Waals surface area contributed by atoms with E-state index >= 15 is 0 Å². The van der Waals surface area contributed by atoms with E-state index in [0.29, 0.717) is 16.8 Å². The summed E-state index contributed by atoms with van der Waals surface area (Å²) in [7, 11) is 0. The molecule has 2 N–H and O–H groups in total. The van der Waals surface area contributed by atoms with Crippen LogP contribution in [0.1, 0.15) is 18.1 Å². The molecule has 1 aliphatic rings. The first kappa shape index (κ1) is 16.8. The fraction of sp³-hybridized carbons (Fsp3) is 0.0952. The van der Waals surface area contributed by atoms with Gasteiger partial charge in [-0.2, -0.15) is 0 Å². The van der Waals surface area contributed by atoms with Crippen LogP contribution < -0.4 is 10.1 Å². The molecule has 1 aromatic heterocycles. The van der Waals surface area contributed by atoms with Gasteiger partial charge in [0.2, 0.25) is 0 Å². The number of aliphatic carboxylic acids is 1. The lowest BCUT2D eigenvalue weighted by Crippen LogP contribution is -2.23. The van der Waals surface area contributed by atoms with Crippen molar-refractivity contribution in [1.29, 1.82) is 0 Å². The Hall–Kier alpha value is -3.67. The number of hydrogen-bond donors (Lipinski definition) is 2. The first-order chi connectivity index (χ1) is 13.0. The molecule has 2 aromatic carbocycles. The van der Waals surface area contributed by atoms with E-state index in [-0.39, 0.29) is 5.91 Å². The highest BCUT2D eigenvalue weighted by Gasteiger charge is 2.24. The van der Waals surface area contributed by atoms with Gasteiger partial charge in [-0.15, -0.1) is 0 Å². The Bertz CT molecular complexity index is 1100. The summed E-state index contributed by atoms with van der Waals surface area (Å²) < 4.78 is 5.53. The van der Waals surface area contributed by atoms with Crippen molar-refractivity contribution >= 4 is 40.1 Å². The summed E-state index contributed by atoms with van der Waals surface area (Å²) in [6, 6.07) is 14.6. The van der Waals surface area contributed by atoms with Gasteiger partial charge in [0.15, 0.2) is 6.10 Å². The zero-order valence-electron chi connectivity index (χ0n) is 14.5. The summed E-state index contributed by atoms with van der Waals surface area (Å²) in [5, 5.41) is 12.7. The summed E-state index contributed by atoms with van der Waals surface area (Å²) >= 11 is 0. The Kier molecular flexibility index (Phi) is 4.08. The number of anilines is 1. The summed E-state index contributed by atoms with van der Waals surface area (Å²) in [5.41, 5.74) is 3.55. The fourth-order valence-corrected chi connectivity index (χ4v) is 3.07. The number of carbonyl (C=O) groups excluding carboxylic acids is 1. The van der Waals surface area contributed by atoms with Crippen LogP contribution in [-0.4, -0.2) is 28.1 Å². The van der Waals surface area contributed by atoms with Crippen LogP contribution in [0, 0.1) is 0 Å². The average molecular weight is 360 g/mol. The highest BCUT2D eigenvalue weighted by molar-refractivity contribution is 6.35. The van der Waals surface area contributed by atoms with Gasteiger partial charge in [0.25, 0.3) is 5.91 Å². The lowest BCUT2D eigenvalue weighted by molar-refractivity contribution is -0.144. The number of carbonyl (C=O) groups is 2. The van der Waals surface area contributed by atoms with Crippen LogP contribution in [-0.2, 0) is 9.59 Å². The Morgan fingerprint density at radius 2 is 2.00 bits per heavy atom. The van der Waals surface area contributed by atoms with Gasteiger partial charge in [-0.1, -0.05) is 30.3 Å². The minimum atomic E-state index is -1.05. The molecule has 1 atom stereocenters. The van der Waals surface area contributed by atoms with E-state index in [1.165, 1.54) is 6.92 Å². The minimum absolute atomic E-state index is 0.159. The maximum absolute atomic E-state index is 12.4. The topological polar surface area (TPSA) is 88.5 Å². The van der Waals surface area contributed by atoms with Gasteiger partial charge in [0.05, 0.1) is 0 Å². The van der Waals surface area contributed by atoms with Crippen LogP contribution in [0.15, 0.2) is 54.7 Å². The third kappa shape index (κ3) is 3.01. The van der Waals surface area contributed by atoms with Gasteiger partial charge in [0, 0.05) is 28.4 Å². The molecule has 0 spiro atoms. The molecule has 27 heavy (non-hydrogen) atoms. The van der Waals surface area contributed by atoms with Crippen LogP contribution in [0.2, 0.25) is 0 Å². The van der Waals surface area contributed by atoms with E-state index in [9.17, 15) is 9.59 Å². The number of amides is 1. The van der Waals surface area contributed by atoms with Gasteiger partial charge < -0.3 is 15.2 Å². The lowest BCUT2D eigenvalue weighted by Gasteiger charge is -2.13. The highest BCUT2D eigenvalue weighted by atomic mass is 16.5. The van der Waals surface area contributed by atoms with Gasteiger partial charge in [-0.25, -0.2) is 4.79 Å². The van der Waals surface area contributed by atoms with Crippen molar-refractivity contribution < 1.29 is 19.4 Å². The van der Waals surface area contributed by atoms with E-state index in [4.69, 9.17) is 9.84 Å². The molecule has 1 amide bonds. The van der Waals surface area contributed by atoms with Gasteiger partial charge in [0.1, 0.15) is 11.3 Å². The number of ether oxygens (including phenoxy) is 1. The number of carboxylic acids is 1. The van der Waals surface area contributed by atoms with E-state index in [0.717, 1.165) is 22.2 Å². The van der Waals surface area contributed by atoms with E-state index in [1.54, 1.807) is 24.4 Å². The van der Waals surface area contributed by atoms with Crippen molar-refractivity contribution in [1.82, 2.24) is 4.98 Å². The predicted molar refractivity (Wildman–Crippen MR) is 102 cm³/mol. The number of hydrogen-bond acceptors (Lipinski definition) is 4. The quantitative estimate of drug-likeness (QED) is 0.694.